The molecule has 1 aromatic rings. The van der Waals surface area contributed by atoms with Gasteiger partial charge in [0.1, 0.15) is 16.9 Å². The molecule has 6 nitrogen and oxygen atoms in total. The Morgan fingerprint density at radius 2 is 2.19 bits per heavy atom. The second-order valence-electron chi connectivity index (χ2n) is 4.65. The van der Waals surface area contributed by atoms with Gasteiger partial charge in [0, 0.05) is 5.56 Å². The highest BCUT2D eigenvalue weighted by Gasteiger charge is 2.22. The predicted molar refractivity (Wildman–Crippen MR) is 80.8 cm³/mol. The molecule has 2 rings (SSSR count). The van der Waals surface area contributed by atoms with Crippen LogP contribution in [-0.4, -0.2) is 23.3 Å². The van der Waals surface area contributed by atoms with Crippen molar-refractivity contribution in [2.45, 2.75) is 37.6 Å². The number of pyridine rings is 1. The van der Waals surface area contributed by atoms with Gasteiger partial charge >= 0.3 is 5.97 Å². The average molecular weight is 306 g/mol. The number of nitriles is 1. The van der Waals surface area contributed by atoms with Crippen LogP contribution < -0.4 is 11.3 Å². The van der Waals surface area contributed by atoms with Crippen molar-refractivity contribution in [3.8, 4) is 6.07 Å². The van der Waals surface area contributed by atoms with E-state index in [1.165, 1.54) is 11.8 Å². The van der Waals surface area contributed by atoms with Gasteiger partial charge in [0.05, 0.1) is 17.9 Å². The molecule has 0 bridgehead atoms. The Morgan fingerprint density at radius 1 is 1.48 bits per heavy atom. The van der Waals surface area contributed by atoms with E-state index < -0.39 is 0 Å². The Balaban J connectivity index is 2.32. The molecule has 1 heterocycles. The predicted octanol–water partition coefficient (Wildman–Crippen LogP) is 1.77. The second kappa shape index (κ2) is 7.29. The van der Waals surface area contributed by atoms with E-state index in [0.717, 1.165) is 36.8 Å². The zero-order valence-electron chi connectivity index (χ0n) is 11.9. The molecule has 0 spiro atoms. The van der Waals surface area contributed by atoms with Gasteiger partial charge in [0.15, 0.2) is 0 Å². The van der Waals surface area contributed by atoms with E-state index in [2.05, 4.69) is 16.5 Å². The molecule has 0 aromatic carbocycles. The van der Waals surface area contributed by atoms with Gasteiger partial charge < -0.3 is 10.2 Å². The van der Waals surface area contributed by atoms with Gasteiger partial charge in [-0.1, -0.05) is 11.8 Å². The molecule has 0 saturated carbocycles. The molecule has 1 aliphatic rings. The number of nitrogens with two attached hydrogens (primary N) is 1. The lowest BCUT2D eigenvalue weighted by atomic mass is 9.89. The largest absolute Gasteiger partial charge is 0.465 e. The normalized spacial score (nSPS) is 13.2. The smallest absolute Gasteiger partial charge is 0.316 e. The van der Waals surface area contributed by atoms with Gasteiger partial charge in [-0.2, -0.15) is 5.26 Å². The average Bonchev–Trinajstić information content (AvgIpc) is 2.52. The molecule has 3 N–H and O–H groups in total. The molecule has 0 atom stereocenters. The number of anilines is 1. The van der Waals surface area contributed by atoms with Crippen LogP contribution in [0.15, 0.2) is 5.03 Å². The van der Waals surface area contributed by atoms with Crippen LogP contribution in [0.2, 0.25) is 0 Å². The highest BCUT2D eigenvalue weighted by atomic mass is 32.2. The van der Waals surface area contributed by atoms with Gasteiger partial charge in [-0.25, -0.2) is 10.8 Å². The van der Waals surface area contributed by atoms with Crippen LogP contribution >= 0.6 is 11.8 Å². The molecule has 1 aliphatic carbocycles. The third-order valence-electron chi connectivity index (χ3n) is 3.36. The number of nitrogen functional groups attached to an aromatic ring is 1. The van der Waals surface area contributed by atoms with Crippen molar-refractivity contribution in [2.24, 2.45) is 5.84 Å². The van der Waals surface area contributed by atoms with E-state index in [4.69, 9.17) is 10.6 Å². The molecule has 21 heavy (non-hydrogen) atoms. The number of aromatic nitrogens is 1. The lowest BCUT2D eigenvalue weighted by Crippen LogP contribution is -2.17. The minimum absolute atomic E-state index is 0.137. The second-order valence-corrected chi connectivity index (χ2v) is 5.62. The fraction of sp³-hybridized carbons (Fsp3) is 0.500. The molecule has 0 radical (unpaired) electrons. The minimum Gasteiger partial charge on any atom is -0.465 e. The number of hydrogen-bond donors (Lipinski definition) is 2. The maximum atomic E-state index is 11.5. The van der Waals surface area contributed by atoms with Gasteiger partial charge in [0.2, 0.25) is 0 Å². The van der Waals surface area contributed by atoms with E-state index in [-0.39, 0.29) is 11.7 Å². The van der Waals surface area contributed by atoms with Crippen molar-refractivity contribution in [1.82, 2.24) is 4.98 Å². The number of ether oxygens (including phenoxy) is 1. The monoisotopic (exact) mass is 306 g/mol. The summed E-state index contributed by atoms with van der Waals surface area (Å²) in [6.45, 7) is 2.11. The molecule has 0 amide bonds. The quantitative estimate of drug-likeness (QED) is 0.370. The Hall–Kier alpha value is -1.78. The summed E-state index contributed by atoms with van der Waals surface area (Å²) in [6, 6.07) is 2.23. The standard InChI is InChI=1S/C14H18N4O2S/c1-2-20-12(19)8-21-14-11(7-15)9-5-3-4-6-10(9)13(17-14)18-16/h2-6,8,16H2,1H3,(H,17,18). The van der Waals surface area contributed by atoms with Crippen molar-refractivity contribution in [2.75, 3.05) is 17.8 Å². The number of thioether (sulfide) groups is 1. The van der Waals surface area contributed by atoms with Crippen molar-refractivity contribution >= 4 is 23.5 Å². The van der Waals surface area contributed by atoms with Crippen LogP contribution in [0, 0.1) is 11.3 Å². The zero-order chi connectivity index (χ0) is 15.2. The number of carbonyl (C=O) groups is 1. The van der Waals surface area contributed by atoms with Crippen molar-refractivity contribution in [3.63, 3.8) is 0 Å². The Bertz CT molecular complexity index is 583. The van der Waals surface area contributed by atoms with E-state index in [1.54, 1.807) is 6.92 Å². The number of hydrogen-bond acceptors (Lipinski definition) is 7. The lowest BCUT2D eigenvalue weighted by Gasteiger charge is -2.21. The fourth-order valence-electron chi connectivity index (χ4n) is 2.47. The fourth-order valence-corrected chi connectivity index (χ4v) is 3.27. The van der Waals surface area contributed by atoms with Crippen molar-refractivity contribution in [3.05, 3.63) is 16.7 Å². The molecule has 0 aliphatic heterocycles. The highest BCUT2D eigenvalue weighted by Crippen LogP contribution is 2.34. The number of hydrazine groups is 1. The Kier molecular flexibility index (Phi) is 5.42. The third kappa shape index (κ3) is 3.46. The number of rotatable bonds is 5. The van der Waals surface area contributed by atoms with Crippen LogP contribution in [0.3, 0.4) is 0 Å². The molecular weight excluding hydrogens is 288 g/mol. The van der Waals surface area contributed by atoms with Gasteiger partial charge in [-0.15, -0.1) is 0 Å². The zero-order valence-corrected chi connectivity index (χ0v) is 12.8. The molecule has 7 heteroatoms. The number of fused-ring (bicyclic) bond motifs is 1. The maximum absolute atomic E-state index is 11.5. The van der Waals surface area contributed by atoms with Crippen LogP contribution in [0.5, 0.6) is 0 Å². The first-order valence-electron chi connectivity index (χ1n) is 6.92. The van der Waals surface area contributed by atoms with Crippen molar-refractivity contribution < 1.29 is 9.53 Å². The summed E-state index contributed by atoms with van der Waals surface area (Å²) in [7, 11) is 0. The number of nitrogens with zero attached hydrogens (tertiary/aromatic N) is 2. The van der Waals surface area contributed by atoms with Crippen LogP contribution in [0.1, 0.15) is 36.5 Å². The SMILES string of the molecule is CCOC(=O)CSc1nc(NN)c2c(c1C#N)CCCC2. The molecule has 1 aromatic heterocycles. The molecule has 0 saturated heterocycles. The molecule has 0 unspecified atom stereocenters. The Labute approximate surface area is 128 Å². The summed E-state index contributed by atoms with van der Waals surface area (Å²) in [5.41, 5.74) is 5.22. The first kappa shape index (κ1) is 15.6. The summed E-state index contributed by atoms with van der Waals surface area (Å²) in [4.78, 5) is 15.9. The van der Waals surface area contributed by atoms with E-state index in [9.17, 15) is 10.1 Å². The third-order valence-corrected chi connectivity index (χ3v) is 4.31. The van der Waals surface area contributed by atoms with Gasteiger partial charge in [-0.3, -0.25) is 4.79 Å². The summed E-state index contributed by atoms with van der Waals surface area (Å²) in [5.74, 6) is 5.97. The Morgan fingerprint density at radius 3 is 2.81 bits per heavy atom. The number of carbonyl (C=O) groups excluding carboxylic acids is 1. The number of esters is 1. The van der Waals surface area contributed by atoms with E-state index in [1.807, 2.05) is 0 Å². The first-order chi connectivity index (χ1) is 10.2. The van der Waals surface area contributed by atoms with Crippen LogP contribution in [-0.2, 0) is 22.4 Å². The van der Waals surface area contributed by atoms with E-state index >= 15 is 0 Å². The van der Waals surface area contributed by atoms with Crippen molar-refractivity contribution in [1.29, 1.82) is 5.26 Å². The summed E-state index contributed by atoms with van der Waals surface area (Å²) >= 11 is 1.22. The van der Waals surface area contributed by atoms with Gasteiger partial charge in [0.25, 0.3) is 0 Å². The first-order valence-corrected chi connectivity index (χ1v) is 7.90. The van der Waals surface area contributed by atoms with E-state index in [0.29, 0.717) is 23.0 Å². The topological polar surface area (TPSA) is 101 Å². The molecular formula is C14H18N4O2S. The van der Waals surface area contributed by atoms with Gasteiger partial charge in [-0.05, 0) is 38.2 Å². The number of nitrogens with one attached hydrogen (secondary N) is 1. The summed E-state index contributed by atoms with van der Waals surface area (Å²) in [5, 5.41) is 9.98. The summed E-state index contributed by atoms with van der Waals surface area (Å²) in [6.07, 6.45) is 3.85. The molecule has 0 fully saturated rings. The maximum Gasteiger partial charge on any atom is 0.316 e. The van der Waals surface area contributed by atoms with Crippen LogP contribution in [0.4, 0.5) is 5.82 Å². The highest BCUT2D eigenvalue weighted by molar-refractivity contribution is 7.99. The lowest BCUT2D eigenvalue weighted by molar-refractivity contribution is -0.139. The summed E-state index contributed by atoms with van der Waals surface area (Å²) < 4.78 is 4.90. The minimum atomic E-state index is -0.312. The molecule has 112 valence electrons. The van der Waals surface area contributed by atoms with Crippen LogP contribution in [0.25, 0.3) is 0 Å².